The third kappa shape index (κ3) is 3.45. The van der Waals surface area contributed by atoms with Gasteiger partial charge in [-0.2, -0.15) is 0 Å². The van der Waals surface area contributed by atoms with Crippen LogP contribution in [-0.4, -0.2) is 21.4 Å². The van der Waals surface area contributed by atoms with Crippen molar-refractivity contribution >= 4 is 22.6 Å². The molecule has 0 unspecified atom stereocenters. The van der Waals surface area contributed by atoms with Crippen LogP contribution in [0, 0.1) is 0 Å². The maximum absolute atomic E-state index is 2.61. The lowest BCUT2D eigenvalue weighted by molar-refractivity contribution is 0.204. The van der Waals surface area contributed by atoms with Crippen molar-refractivity contribution in [1.82, 2.24) is 4.90 Å². The summed E-state index contributed by atoms with van der Waals surface area (Å²) in [5, 5.41) is 0. The van der Waals surface area contributed by atoms with Crippen molar-refractivity contribution in [3.8, 4) is 0 Å². The van der Waals surface area contributed by atoms with Gasteiger partial charge in [0.05, 0.1) is 0 Å². The predicted molar refractivity (Wildman–Crippen MR) is 73.4 cm³/mol. The van der Waals surface area contributed by atoms with E-state index in [1.807, 2.05) is 0 Å². The van der Waals surface area contributed by atoms with Crippen molar-refractivity contribution in [1.29, 1.82) is 0 Å². The van der Waals surface area contributed by atoms with Crippen LogP contribution >= 0.6 is 22.6 Å². The van der Waals surface area contributed by atoms with Gasteiger partial charge in [-0.05, 0) is 31.5 Å². The first kappa shape index (κ1) is 11.4. The Morgan fingerprint density at radius 1 is 1.20 bits per heavy atom. The van der Waals surface area contributed by atoms with Crippen molar-refractivity contribution in [2.45, 2.75) is 29.7 Å². The minimum atomic E-state index is 0.533. The highest BCUT2D eigenvalue weighted by molar-refractivity contribution is 14.1. The van der Waals surface area contributed by atoms with Crippen LogP contribution in [0.2, 0.25) is 0 Å². The van der Waals surface area contributed by atoms with Crippen LogP contribution in [-0.2, 0) is 6.54 Å². The van der Waals surface area contributed by atoms with Crippen LogP contribution in [0.3, 0.4) is 0 Å². The van der Waals surface area contributed by atoms with Crippen LogP contribution < -0.4 is 0 Å². The third-order valence-electron chi connectivity index (χ3n) is 3.15. The molecule has 0 spiro atoms. The second-order valence-corrected chi connectivity index (χ2v) is 7.28. The van der Waals surface area contributed by atoms with Crippen LogP contribution in [0.1, 0.15) is 25.3 Å². The molecular weight excluding hydrogens is 297 g/mol. The van der Waals surface area contributed by atoms with Gasteiger partial charge in [0.15, 0.2) is 0 Å². The fraction of sp³-hybridized carbons (Fsp3) is 0.538. The predicted octanol–water partition coefficient (Wildman–Crippen LogP) is 3.48. The quantitative estimate of drug-likeness (QED) is 0.597. The van der Waals surface area contributed by atoms with Gasteiger partial charge in [0.2, 0.25) is 0 Å². The van der Waals surface area contributed by atoms with E-state index in [0.29, 0.717) is 3.42 Å². The van der Waals surface area contributed by atoms with E-state index in [4.69, 9.17) is 0 Å². The minimum Gasteiger partial charge on any atom is -0.299 e. The molecule has 2 rings (SSSR count). The summed E-state index contributed by atoms with van der Waals surface area (Å²) in [6, 6.07) is 10.8. The molecule has 1 heterocycles. The molecule has 1 aromatic carbocycles. The number of hydrogen-bond acceptors (Lipinski definition) is 1. The average molecular weight is 315 g/mol. The summed E-state index contributed by atoms with van der Waals surface area (Å²) in [5.74, 6) is 0. The number of hydrogen-bond donors (Lipinski definition) is 0. The Hall–Kier alpha value is -0.0900. The number of likely N-dealkylation sites (tertiary alicyclic amines) is 1. The molecule has 1 aliphatic heterocycles. The van der Waals surface area contributed by atoms with Crippen molar-refractivity contribution in [3.05, 3.63) is 35.9 Å². The average Bonchev–Trinajstić information content (AvgIpc) is 2.23. The summed E-state index contributed by atoms with van der Waals surface area (Å²) < 4.78 is 0.533. The summed E-state index contributed by atoms with van der Waals surface area (Å²) in [6.07, 6.45) is 2.64. The minimum absolute atomic E-state index is 0.533. The Balaban J connectivity index is 1.88. The standard InChI is InChI=1S/C13H18IN/c1-13(14)7-9-15(10-8-13)11-12-5-3-2-4-6-12/h2-6H,7-11H2,1H3. The third-order valence-corrected chi connectivity index (χ3v) is 4.23. The maximum atomic E-state index is 2.61. The zero-order valence-electron chi connectivity index (χ0n) is 9.25. The SMILES string of the molecule is CC1(I)CCN(Cc2ccccc2)CC1. The molecule has 0 radical (unpaired) electrons. The molecule has 1 fully saturated rings. The zero-order valence-corrected chi connectivity index (χ0v) is 11.4. The Bertz CT molecular complexity index is 298. The molecule has 82 valence electrons. The molecule has 0 saturated carbocycles. The number of halogens is 1. The van der Waals surface area contributed by atoms with Gasteiger partial charge in [-0.15, -0.1) is 0 Å². The Morgan fingerprint density at radius 2 is 1.80 bits per heavy atom. The van der Waals surface area contributed by atoms with Gasteiger partial charge < -0.3 is 0 Å². The molecule has 2 heteroatoms. The van der Waals surface area contributed by atoms with Gasteiger partial charge in [-0.1, -0.05) is 59.8 Å². The largest absolute Gasteiger partial charge is 0.299 e. The second kappa shape index (κ2) is 4.83. The van der Waals surface area contributed by atoms with E-state index in [1.54, 1.807) is 0 Å². The van der Waals surface area contributed by atoms with Gasteiger partial charge >= 0.3 is 0 Å². The highest BCUT2D eigenvalue weighted by Crippen LogP contribution is 2.31. The van der Waals surface area contributed by atoms with E-state index in [2.05, 4.69) is 64.7 Å². The van der Waals surface area contributed by atoms with Crippen molar-refractivity contribution in [2.24, 2.45) is 0 Å². The second-order valence-electron chi connectivity index (χ2n) is 4.68. The van der Waals surface area contributed by atoms with Gasteiger partial charge in [0, 0.05) is 9.97 Å². The van der Waals surface area contributed by atoms with Crippen LogP contribution in [0.4, 0.5) is 0 Å². The van der Waals surface area contributed by atoms with E-state index in [0.717, 1.165) is 6.54 Å². The number of piperidine rings is 1. The normalized spacial score (nSPS) is 21.5. The molecular formula is C13H18IN. The maximum Gasteiger partial charge on any atom is 0.0233 e. The first-order chi connectivity index (χ1) is 7.16. The summed E-state index contributed by atoms with van der Waals surface area (Å²) in [4.78, 5) is 2.57. The lowest BCUT2D eigenvalue weighted by atomic mass is 9.98. The van der Waals surface area contributed by atoms with Crippen molar-refractivity contribution in [2.75, 3.05) is 13.1 Å². The van der Waals surface area contributed by atoms with Crippen LogP contribution in [0.15, 0.2) is 30.3 Å². The van der Waals surface area contributed by atoms with Crippen molar-refractivity contribution < 1.29 is 0 Å². The number of benzene rings is 1. The molecule has 1 saturated heterocycles. The lowest BCUT2D eigenvalue weighted by Gasteiger charge is -2.35. The van der Waals surface area contributed by atoms with Gasteiger partial charge in [-0.25, -0.2) is 0 Å². The molecule has 0 N–H and O–H groups in total. The fourth-order valence-corrected chi connectivity index (χ4v) is 2.50. The van der Waals surface area contributed by atoms with Gasteiger partial charge in [0.25, 0.3) is 0 Å². The Kier molecular flexibility index (Phi) is 3.67. The van der Waals surface area contributed by atoms with Gasteiger partial charge in [-0.3, -0.25) is 4.90 Å². The molecule has 1 aromatic rings. The summed E-state index contributed by atoms with van der Waals surface area (Å²) in [7, 11) is 0. The highest BCUT2D eigenvalue weighted by Gasteiger charge is 2.26. The number of nitrogens with zero attached hydrogens (tertiary/aromatic N) is 1. The van der Waals surface area contributed by atoms with Crippen LogP contribution in [0.25, 0.3) is 0 Å². The van der Waals surface area contributed by atoms with E-state index in [9.17, 15) is 0 Å². The first-order valence-corrected chi connectivity index (χ1v) is 6.69. The topological polar surface area (TPSA) is 3.24 Å². The van der Waals surface area contributed by atoms with E-state index in [1.165, 1.54) is 31.5 Å². The molecule has 1 aliphatic rings. The molecule has 15 heavy (non-hydrogen) atoms. The van der Waals surface area contributed by atoms with Crippen LogP contribution in [0.5, 0.6) is 0 Å². The number of rotatable bonds is 2. The first-order valence-electron chi connectivity index (χ1n) is 5.61. The van der Waals surface area contributed by atoms with Crippen molar-refractivity contribution in [3.63, 3.8) is 0 Å². The number of alkyl halides is 1. The molecule has 0 atom stereocenters. The lowest BCUT2D eigenvalue weighted by Crippen LogP contribution is -2.38. The fourth-order valence-electron chi connectivity index (χ4n) is 2.02. The van der Waals surface area contributed by atoms with E-state index in [-0.39, 0.29) is 0 Å². The van der Waals surface area contributed by atoms with Gasteiger partial charge in [0.1, 0.15) is 0 Å². The molecule has 0 amide bonds. The van der Waals surface area contributed by atoms with E-state index < -0.39 is 0 Å². The monoisotopic (exact) mass is 315 g/mol. The molecule has 0 bridgehead atoms. The summed E-state index contributed by atoms with van der Waals surface area (Å²) in [6.45, 7) is 5.98. The van der Waals surface area contributed by atoms with E-state index >= 15 is 0 Å². The molecule has 0 aliphatic carbocycles. The Labute approximate surface area is 106 Å². The smallest absolute Gasteiger partial charge is 0.0233 e. The zero-order chi connectivity index (χ0) is 10.7. The highest BCUT2D eigenvalue weighted by atomic mass is 127. The summed E-state index contributed by atoms with van der Waals surface area (Å²) >= 11 is 2.61. The Morgan fingerprint density at radius 3 is 2.40 bits per heavy atom. The molecule has 1 nitrogen and oxygen atoms in total. The summed E-state index contributed by atoms with van der Waals surface area (Å²) in [5.41, 5.74) is 1.44. The molecule has 0 aromatic heterocycles.